The molecule has 0 radical (unpaired) electrons. The molecule has 3 heteroatoms. The summed E-state index contributed by atoms with van der Waals surface area (Å²) in [6.45, 7) is 7.50. The molecular formula is C16H20ClNS. The van der Waals surface area contributed by atoms with Gasteiger partial charge >= 0.3 is 0 Å². The Kier molecular flexibility index (Phi) is 5.03. The van der Waals surface area contributed by atoms with Crippen molar-refractivity contribution in [3.8, 4) is 0 Å². The monoisotopic (exact) mass is 293 g/mol. The van der Waals surface area contributed by atoms with Gasteiger partial charge in [0.05, 0.1) is 4.34 Å². The maximum Gasteiger partial charge on any atom is 0.0931 e. The Hall–Kier alpha value is -0.830. The van der Waals surface area contributed by atoms with Crippen LogP contribution >= 0.6 is 22.9 Å². The van der Waals surface area contributed by atoms with Crippen LogP contribution in [0.2, 0.25) is 4.34 Å². The topological polar surface area (TPSA) is 12.0 Å². The van der Waals surface area contributed by atoms with E-state index in [1.807, 2.05) is 6.07 Å². The van der Waals surface area contributed by atoms with Crippen molar-refractivity contribution >= 4 is 22.9 Å². The van der Waals surface area contributed by atoms with E-state index in [2.05, 4.69) is 56.4 Å². The number of benzene rings is 1. The van der Waals surface area contributed by atoms with Crippen LogP contribution in [-0.4, -0.2) is 0 Å². The van der Waals surface area contributed by atoms with E-state index in [9.17, 15) is 0 Å². The molecule has 1 N–H and O–H groups in total. The summed E-state index contributed by atoms with van der Waals surface area (Å²) in [4.78, 5) is 1.27. The van der Waals surface area contributed by atoms with Crippen molar-refractivity contribution in [1.82, 2.24) is 5.32 Å². The molecule has 1 aromatic heterocycles. The lowest BCUT2D eigenvalue weighted by atomic mass is 9.99. The molecule has 0 aliphatic carbocycles. The van der Waals surface area contributed by atoms with Crippen LogP contribution < -0.4 is 5.32 Å². The molecule has 0 saturated heterocycles. The van der Waals surface area contributed by atoms with Crippen molar-refractivity contribution in [2.45, 2.75) is 39.3 Å². The first-order valence-electron chi connectivity index (χ1n) is 6.63. The van der Waals surface area contributed by atoms with Crippen molar-refractivity contribution < 1.29 is 0 Å². The minimum absolute atomic E-state index is 0.349. The quantitative estimate of drug-likeness (QED) is 0.781. The molecule has 0 fully saturated rings. The summed E-state index contributed by atoms with van der Waals surface area (Å²) < 4.78 is 0.853. The zero-order chi connectivity index (χ0) is 13.8. The average molecular weight is 294 g/mol. The highest BCUT2D eigenvalue weighted by Gasteiger charge is 2.06. The fourth-order valence-corrected chi connectivity index (χ4v) is 3.03. The molecule has 1 unspecified atom stereocenters. The molecule has 0 bridgehead atoms. The predicted octanol–water partition coefficient (Wildman–Crippen LogP) is 5.38. The maximum atomic E-state index is 5.93. The third kappa shape index (κ3) is 4.07. The van der Waals surface area contributed by atoms with Crippen molar-refractivity contribution in [2.75, 3.05) is 0 Å². The molecule has 1 atom stereocenters. The Labute approximate surface area is 124 Å². The van der Waals surface area contributed by atoms with Gasteiger partial charge in [-0.15, -0.1) is 11.3 Å². The molecule has 0 amide bonds. The van der Waals surface area contributed by atoms with Crippen molar-refractivity contribution in [2.24, 2.45) is 0 Å². The van der Waals surface area contributed by atoms with Crippen molar-refractivity contribution in [3.05, 3.63) is 56.7 Å². The van der Waals surface area contributed by atoms with Crippen LogP contribution in [0.15, 0.2) is 36.4 Å². The second-order valence-corrected chi connectivity index (χ2v) is 6.93. The Balaban J connectivity index is 1.94. The van der Waals surface area contributed by atoms with E-state index in [0.29, 0.717) is 12.0 Å². The second kappa shape index (κ2) is 6.56. The van der Waals surface area contributed by atoms with E-state index < -0.39 is 0 Å². The van der Waals surface area contributed by atoms with E-state index in [4.69, 9.17) is 11.6 Å². The Bertz CT molecular complexity index is 516. The lowest BCUT2D eigenvalue weighted by Crippen LogP contribution is -2.17. The highest BCUT2D eigenvalue weighted by molar-refractivity contribution is 7.16. The van der Waals surface area contributed by atoms with E-state index in [-0.39, 0.29) is 0 Å². The van der Waals surface area contributed by atoms with Gasteiger partial charge in [-0.05, 0) is 36.1 Å². The first-order valence-corrected chi connectivity index (χ1v) is 7.83. The Morgan fingerprint density at radius 1 is 1.00 bits per heavy atom. The SMILES string of the molecule is CC(C)c1ccc(C(C)NCc2ccc(Cl)s2)cc1. The highest BCUT2D eigenvalue weighted by Crippen LogP contribution is 2.23. The molecule has 0 spiro atoms. The second-order valence-electron chi connectivity index (χ2n) is 5.13. The van der Waals surface area contributed by atoms with Gasteiger partial charge in [0.15, 0.2) is 0 Å². The predicted molar refractivity (Wildman–Crippen MR) is 85.1 cm³/mol. The summed E-state index contributed by atoms with van der Waals surface area (Å²) in [5.74, 6) is 0.588. The minimum Gasteiger partial charge on any atom is -0.305 e. The zero-order valence-electron chi connectivity index (χ0n) is 11.6. The Morgan fingerprint density at radius 2 is 1.63 bits per heavy atom. The Morgan fingerprint density at radius 3 is 2.16 bits per heavy atom. The standard InChI is InChI=1S/C16H20ClNS/c1-11(2)13-4-6-14(7-5-13)12(3)18-10-15-8-9-16(17)19-15/h4-9,11-12,18H,10H2,1-3H3. The molecule has 0 aliphatic rings. The molecule has 1 nitrogen and oxygen atoms in total. The van der Waals surface area contributed by atoms with Gasteiger partial charge in [-0.3, -0.25) is 0 Å². The lowest BCUT2D eigenvalue weighted by Gasteiger charge is -2.15. The fourth-order valence-electron chi connectivity index (χ4n) is 1.99. The van der Waals surface area contributed by atoms with Crippen LogP contribution in [0.3, 0.4) is 0 Å². The van der Waals surface area contributed by atoms with Gasteiger partial charge < -0.3 is 5.32 Å². The summed E-state index contributed by atoms with van der Waals surface area (Å²) in [5.41, 5.74) is 2.72. The summed E-state index contributed by atoms with van der Waals surface area (Å²) in [6.07, 6.45) is 0. The number of thiophene rings is 1. The maximum absolute atomic E-state index is 5.93. The van der Waals surface area contributed by atoms with Gasteiger partial charge in [-0.2, -0.15) is 0 Å². The smallest absolute Gasteiger partial charge is 0.0931 e. The fraction of sp³-hybridized carbons (Fsp3) is 0.375. The van der Waals surface area contributed by atoms with Crippen molar-refractivity contribution in [1.29, 1.82) is 0 Å². The summed E-state index contributed by atoms with van der Waals surface area (Å²) in [5, 5.41) is 3.53. The van der Waals surface area contributed by atoms with Gasteiger partial charge in [0.25, 0.3) is 0 Å². The summed E-state index contributed by atoms with van der Waals surface area (Å²) in [7, 11) is 0. The van der Waals surface area contributed by atoms with Crippen LogP contribution in [0, 0.1) is 0 Å². The highest BCUT2D eigenvalue weighted by atomic mass is 35.5. The van der Waals surface area contributed by atoms with E-state index in [1.54, 1.807) is 11.3 Å². The molecule has 2 aromatic rings. The van der Waals surface area contributed by atoms with Gasteiger partial charge in [0.2, 0.25) is 0 Å². The van der Waals surface area contributed by atoms with Gasteiger partial charge in [-0.25, -0.2) is 0 Å². The number of hydrogen-bond donors (Lipinski definition) is 1. The van der Waals surface area contributed by atoms with Gasteiger partial charge in [0.1, 0.15) is 0 Å². The number of rotatable bonds is 5. The van der Waals surface area contributed by atoms with Gasteiger partial charge in [-0.1, -0.05) is 49.7 Å². The summed E-state index contributed by atoms with van der Waals surface area (Å²) in [6, 6.07) is 13.3. The van der Waals surface area contributed by atoms with Crippen LogP contribution in [0.1, 0.15) is 48.7 Å². The average Bonchev–Trinajstić information content (AvgIpc) is 2.82. The molecule has 19 heavy (non-hydrogen) atoms. The number of nitrogens with one attached hydrogen (secondary N) is 1. The van der Waals surface area contributed by atoms with Crippen LogP contribution in [-0.2, 0) is 6.54 Å². The van der Waals surface area contributed by atoms with Crippen LogP contribution in [0.4, 0.5) is 0 Å². The van der Waals surface area contributed by atoms with Crippen molar-refractivity contribution in [3.63, 3.8) is 0 Å². The first-order chi connectivity index (χ1) is 9.06. The molecule has 0 aliphatic heterocycles. The third-order valence-corrected chi connectivity index (χ3v) is 4.55. The van der Waals surface area contributed by atoms with E-state index in [0.717, 1.165) is 10.9 Å². The van der Waals surface area contributed by atoms with Gasteiger partial charge in [0, 0.05) is 17.5 Å². The number of halogens is 1. The zero-order valence-corrected chi connectivity index (χ0v) is 13.2. The largest absolute Gasteiger partial charge is 0.305 e. The molecule has 1 aromatic carbocycles. The van der Waals surface area contributed by atoms with Crippen LogP contribution in [0.25, 0.3) is 0 Å². The number of hydrogen-bond acceptors (Lipinski definition) is 2. The van der Waals surface area contributed by atoms with E-state index >= 15 is 0 Å². The molecule has 0 saturated carbocycles. The molecule has 1 heterocycles. The molecule has 102 valence electrons. The molecular weight excluding hydrogens is 274 g/mol. The normalized spacial score (nSPS) is 12.9. The first kappa shape index (κ1) is 14.6. The van der Waals surface area contributed by atoms with E-state index in [1.165, 1.54) is 16.0 Å². The van der Waals surface area contributed by atoms with Crippen LogP contribution in [0.5, 0.6) is 0 Å². The third-order valence-electron chi connectivity index (χ3n) is 3.31. The summed E-state index contributed by atoms with van der Waals surface area (Å²) >= 11 is 7.56. The minimum atomic E-state index is 0.349. The molecule has 2 rings (SSSR count). The lowest BCUT2D eigenvalue weighted by molar-refractivity contribution is 0.578.